The number of nitrogens with one attached hydrogen (secondary N) is 2. The molecule has 1 saturated carbocycles. The fraction of sp³-hybridized carbons (Fsp3) is 0.929. The van der Waals surface area contributed by atoms with Gasteiger partial charge >= 0.3 is 0 Å². The van der Waals surface area contributed by atoms with Gasteiger partial charge in [0.1, 0.15) is 0 Å². The molecule has 0 aliphatic heterocycles. The third-order valence-corrected chi connectivity index (χ3v) is 3.66. The van der Waals surface area contributed by atoms with E-state index in [1.165, 1.54) is 6.42 Å². The van der Waals surface area contributed by atoms with Crippen LogP contribution in [0.5, 0.6) is 0 Å². The minimum Gasteiger partial charge on any atom is -0.388 e. The molecular formula is C14H29N3O. The van der Waals surface area contributed by atoms with Crippen molar-refractivity contribution >= 4 is 5.96 Å². The molecule has 0 spiro atoms. The summed E-state index contributed by atoms with van der Waals surface area (Å²) < 4.78 is 0. The smallest absolute Gasteiger partial charge is 0.191 e. The second kappa shape index (κ2) is 7.62. The van der Waals surface area contributed by atoms with Gasteiger partial charge in [-0.15, -0.1) is 0 Å². The van der Waals surface area contributed by atoms with Crippen LogP contribution in [-0.2, 0) is 0 Å². The first kappa shape index (κ1) is 15.3. The number of hydrogen-bond acceptors (Lipinski definition) is 2. The summed E-state index contributed by atoms with van der Waals surface area (Å²) in [6.45, 7) is 7.71. The third kappa shape index (κ3) is 5.25. The first-order valence-corrected chi connectivity index (χ1v) is 7.37. The Labute approximate surface area is 111 Å². The molecule has 0 aromatic heterocycles. The summed E-state index contributed by atoms with van der Waals surface area (Å²) in [6, 6.07) is 0.406. The molecule has 0 saturated heterocycles. The predicted molar refractivity (Wildman–Crippen MR) is 76.9 cm³/mol. The van der Waals surface area contributed by atoms with Gasteiger partial charge in [0.25, 0.3) is 0 Å². The lowest BCUT2D eigenvalue weighted by Crippen LogP contribution is -2.44. The van der Waals surface area contributed by atoms with Crippen LogP contribution in [0, 0.1) is 0 Å². The summed E-state index contributed by atoms with van der Waals surface area (Å²) in [5, 5.41) is 17.0. The molecule has 3 N–H and O–H groups in total. The first-order valence-electron chi connectivity index (χ1n) is 7.37. The van der Waals surface area contributed by atoms with E-state index in [0.29, 0.717) is 12.6 Å². The van der Waals surface area contributed by atoms with Crippen LogP contribution in [0.15, 0.2) is 4.99 Å². The molecule has 1 aliphatic rings. The quantitative estimate of drug-likeness (QED) is 0.520. The summed E-state index contributed by atoms with van der Waals surface area (Å²) in [5.74, 6) is 0.825. The van der Waals surface area contributed by atoms with Crippen LogP contribution in [0.4, 0.5) is 0 Å². The molecule has 0 aromatic carbocycles. The van der Waals surface area contributed by atoms with Crippen molar-refractivity contribution in [2.24, 2.45) is 4.99 Å². The monoisotopic (exact) mass is 255 g/mol. The Hall–Kier alpha value is -0.770. The summed E-state index contributed by atoms with van der Waals surface area (Å²) in [4.78, 5) is 4.54. The maximum absolute atomic E-state index is 10.4. The van der Waals surface area contributed by atoms with Crippen LogP contribution in [0.2, 0.25) is 0 Å². The van der Waals surface area contributed by atoms with Gasteiger partial charge in [0.15, 0.2) is 5.96 Å². The zero-order valence-corrected chi connectivity index (χ0v) is 12.1. The van der Waals surface area contributed by atoms with E-state index >= 15 is 0 Å². The van der Waals surface area contributed by atoms with Crippen molar-refractivity contribution in [2.45, 2.75) is 70.9 Å². The van der Waals surface area contributed by atoms with Crippen LogP contribution in [0.3, 0.4) is 0 Å². The molecule has 18 heavy (non-hydrogen) atoms. The first-order chi connectivity index (χ1) is 8.59. The van der Waals surface area contributed by atoms with E-state index in [9.17, 15) is 5.11 Å². The van der Waals surface area contributed by atoms with Gasteiger partial charge in [-0.1, -0.05) is 26.2 Å². The van der Waals surface area contributed by atoms with Crippen molar-refractivity contribution in [3.63, 3.8) is 0 Å². The Morgan fingerprint density at radius 2 is 1.94 bits per heavy atom. The normalized spacial score (nSPS) is 21.4. The fourth-order valence-electron chi connectivity index (χ4n) is 2.25. The average Bonchev–Trinajstić information content (AvgIpc) is 2.37. The highest BCUT2D eigenvalue weighted by Gasteiger charge is 2.28. The highest BCUT2D eigenvalue weighted by atomic mass is 16.3. The summed E-state index contributed by atoms with van der Waals surface area (Å²) in [5.41, 5.74) is -0.573. The molecule has 0 amide bonds. The van der Waals surface area contributed by atoms with Crippen molar-refractivity contribution in [2.75, 3.05) is 13.1 Å². The van der Waals surface area contributed by atoms with Gasteiger partial charge < -0.3 is 15.7 Å². The maximum atomic E-state index is 10.4. The van der Waals surface area contributed by atoms with Gasteiger partial charge in [0, 0.05) is 12.6 Å². The molecule has 0 aromatic rings. The predicted octanol–water partition coefficient (Wildman–Crippen LogP) is 2.04. The van der Waals surface area contributed by atoms with Crippen molar-refractivity contribution in [1.82, 2.24) is 10.6 Å². The Morgan fingerprint density at radius 1 is 1.28 bits per heavy atom. The maximum Gasteiger partial charge on any atom is 0.191 e. The van der Waals surface area contributed by atoms with E-state index in [-0.39, 0.29) is 0 Å². The van der Waals surface area contributed by atoms with E-state index in [2.05, 4.69) is 36.4 Å². The van der Waals surface area contributed by atoms with Crippen LogP contribution in [0.1, 0.15) is 59.3 Å². The number of aliphatic hydroxyl groups is 1. The second-order valence-corrected chi connectivity index (χ2v) is 5.43. The van der Waals surface area contributed by atoms with Crippen molar-refractivity contribution in [1.29, 1.82) is 0 Å². The lowest BCUT2D eigenvalue weighted by atomic mass is 9.85. The molecule has 4 nitrogen and oxygen atoms in total. The van der Waals surface area contributed by atoms with Gasteiger partial charge in [-0.25, -0.2) is 0 Å². The molecule has 1 atom stereocenters. The average molecular weight is 255 g/mol. The molecular weight excluding hydrogens is 226 g/mol. The van der Waals surface area contributed by atoms with Crippen molar-refractivity contribution in [3.05, 3.63) is 0 Å². The number of hydrogen-bond donors (Lipinski definition) is 3. The van der Waals surface area contributed by atoms with Crippen LogP contribution >= 0.6 is 0 Å². The molecule has 0 heterocycles. The Morgan fingerprint density at radius 3 is 2.50 bits per heavy atom. The summed E-state index contributed by atoms with van der Waals surface area (Å²) in [6.07, 6.45) is 6.34. The zero-order valence-electron chi connectivity index (χ0n) is 12.1. The van der Waals surface area contributed by atoms with Gasteiger partial charge in [-0.2, -0.15) is 0 Å². The molecule has 106 valence electrons. The fourth-order valence-corrected chi connectivity index (χ4v) is 2.25. The molecule has 1 unspecified atom stereocenters. The second-order valence-electron chi connectivity index (χ2n) is 5.43. The number of rotatable bonds is 5. The lowest BCUT2D eigenvalue weighted by Gasteiger charge is -2.30. The summed E-state index contributed by atoms with van der Waals surface area (Å²) in [7, 11) is 0. The van der Waals surface area contributed by atoms with Crippen molar-refractivity contribution in [3.8, 4) is 0 Å². The summed E-state index contributed by atoms with van der Waals surface area (Å²) >= 11 is 0. The topological polar surface area (TPSA) is 56.7 Å². The lowest BCUT2D eigenvalue weighted by molar-refractivity contribution is 0.0131. The third-order valence-electron chi connectivity index (χ3n) is 3.66. The molecule has 0 bridgehead atoms. The van der Waals surface area contributed by atoms with E-state index in [1.54, 1.807) is 0 Å². The van der Waals surface area contributed by atoms with E-state index in [4.69, 9.17) is 0 Å². The molecule has 1 rings (SSSR count). The number of aliphatic imine (C=N–C) groups is 1. The van der Waals surface area contributed by atoms with Gasteiger partial charge in [0.2, 0.25) is 0 Å². The van der Waals surface area contributed by atoms with Crippen LogP contribution in [-0.4, -0.2) is 35.8 Å². The SMILES string of the molecule is CCNC(=NCC1(O)CCCCC1)NC(C)CC. The number of nitrogens with zero attached hydrogens (tertiary/aromatic N) is 1. The van der Waals surface area contributed by atoms with E-state index < -0.39 is 5.60 Å². The van der Waals surface area contributed by atoms with E-state index in [1.807, 2.05) is 0 Å². The largest absolute Gasteiger partial charge is 0.388 e. The van der Waals surface area contributed by atoms with Crippen molar-refractivity contribution < 1.29 is 5.11 Å². The highest BCUT2D eigenvalue weighted by molar-refractivity contribution is 5.80. The van der Waals surface area contributed by atoms with Gasteiger partial charge in [-0.05, 0) is 33.1 Å². The standard InChI is InChI=1S/C14H29N3O/c1-4-12(3)17-13(15-5-2)16-11-14(18)9-7-6-8-10-14/h12,18H,4-11H2,1-3H3,(H2,15,16,17). The Balaban J connectivity index is 2.52. The zero-order chi connectivity index (χ0) is 13.4. The molecule has 4 heteroatoms. The Bertz CT molecular complexity index is 260. The minimum atomic E-state index is -0.573. The number of guanidine groups is 1. The van der Waals surface area contributed by atoms with Crippen LogP contribution < -0.4 is 10.6 Å². The van der Waals surface area contributed by atoms with Gasteiger partial charge in [0.05, 0.1) is 12.1 Å². The Kier molecular flexibility index (Phi) is 6.47. The molecule has 1 fully saturated rings. The van der Waals surface area contributed by atoms with Gasteiger partial charge in [-0.3, -0.25) is 4.99 Å². The van der Waals surface area contributed by atoms with E-state index in [0.717, 1.165) is 44.6 Å². The minimum absolute atomic E-state index is 0.406. The molecule has 1 aliphatic carbocycles. The molecule has 0 radical (unpaired) electrons. The van der Waals surface area contributed by atoms with Crippen LogP contribution in [0.25, 0.3) is 0 Å². The highest BCUT2D eigenvalue weighted by Crippen LogP contribution is 2.28.